The Balaban J connectivity index is 3.97. The van der Waals surface area contributed by atoms with Crippen molar-refractivity contribution in [3.8, 4) is 0 Å². The van der Waals surface area contributed by atoms with Gasteiger partial charge in [-0.2, -0.15) is 0 Å². The smallest absolute Gasteiger partial charge is 0.307 e. The van der Waals surface area contributed by atoms with E-state index in [2.05, 4.69) is 18.7 Å². The summed E-state index contributed by atoms with van der Waals surface area (Å²) in [6, 6.07) is 0.321. The minimum atomic E-state index is -0.372. The van der Waals surface area contributed by atoms with Crippen molar-refractivity contribution < 1.29 is 14.6 Å². The maximum absolute atomic E-state index is 11.4. The summed E-state index contributed by atoms with van der Waals surface area (Å²) < 4.78 is 5.06. The fourth-order valence-corrected chi connectivity index (χ4v) is 1.46. The van der Waals surface area contributed by atoms with Crippen LogP contribution in [0.15, 0.2) is 0 Å². The van der Waals surface area contributed by atoms with Gasteiger partial charge < -0.3 is 9.84 Å². The highest BCUT2D eigenvalue weighted by atomic mass is 16.5. The van der Waals surface area contributed by atoms with Gasteiger partial charge in [0.25, 0.3) is 0 Å². The van der Waals surface area contributed by atoms with Crippen molar-refractivity contribution in [1.29, 1.82) is 0 Å². The van der Waals surface area contributed by atoms with Crippen LogP contribution < -0.4 is 0 Å². The molecule has 0 aromatic heterocycles. The van der Waals surface area contributed by atoms with Gasteiger partial charge in [-0.05, 0) is 34.6 Å². The fourth-order valence-electron chi connectivity index (χ4n) is 1.46. The van der Waals surface area contributed by atoms with E-state index in [1.54, 1.807) is 6.92 Å². The van der Waals surface area contributed by atoms with Crippen LogP contribution in [0.5, 0.6) is 0 Å². The van der Waals surface area contributed by atoms with Gasteiger partial charge in [-0.3, -0.25) is 9.69 Å². The molecular formula is C12H25NO3. The molecule has 0 fully saturated rings. The molecule has 96 valence electrons. The summed E-state index contributed by atoms with van der Waals surface area (Å²) in [6.07, 6.45) is -0.0522. The van der Waals surface area contributed by atoms with E-state index in [1.807, 2.05) is 13.8 Å². The van der Waals surface area contributed by atoms with E-state index in [1.165, 1.54) is 0 Å². The van der Waals surface area contributed by atoms with Crippen LogP contribution >= 0.6 is 0 Å². The number of carbonyl (C=O) groups excluding carboxylic acids is 1. The molecule has 0 aliphatic carbocycles. The second-order valence-corrected chi connectivity index (χ2v) is 4.73. The quantitative estimate of drug-likeness (QED) is 0.673. The number of hydrogen-bond donors (Lipinski definition) is 1. The first-order valence-electron chi connectivity index (χ1n) is 5.94. The minimum Gasteiger partial charge on any atom is -0.463 e. The van der Waals surface area contributed by atoms with E-state index in [9.17, 15) is 9.90 Å². The summed E-state index contributed by atoms with van der Waals surface area (Å²) in [6.45, 7) is 10.8. The number of ether oxygens (including phenoxy) is 1. The van der Waals surface area contributed by atoms with Crippen molar-refractivity contribution in [2.45, 2.75) is 59.3 Å². The Kier molecular flexibility index (Phi) is 7.34. The highest BCUT2D eigenvalue weighted by Crippen LogP contribution is 2.03. The summed E-state index contributed by atoms with van der Waals surface area (Å²) in [5.74, 6) is -0.175. The molecule has 1 N–H and O–H groups in total. The Hall–Kier alpha value is -0.610. The Morgan fingerprint density at radius 3 is 2.19 bits per heavy atom. The molecule has 0 saturated carbocycles. The van der Waals surface area contributed by atoms with Crippen LogP contribution in [-0.2, 0) is 9.53 Å². The molecule has 0 aliphatic heterocycles. The second kappa shape index (κ2) is 7.63. The SMILES string of the molecule is CC(O)CN(CCC(=O)OC(C)C)C(C)C. The number of rotatable bonds is 7. The molecule has 0 rings (SSSR count). The zero-order valence-electron chi connectivity index (χ0n) is 11.1. The van der Waals surface area contributed by atoms with Gasteiger partial charge in [0.2, 0.25) is 0 Å². The number of carbonyl (C=O) groups is 1. The van der Waals surface area contributed by atoms with Gasteiger partial charge in [-0.15, -0.1) is 0 Å². The van der Waals surface area contributed by atoms with Crippen LogP contribution in [0.3, 0.4) is 0 Å². The summed E-state index contributed by atoms with van der Waals surface area (Å²) in [5.41, 5.74) is 0. The van der Waals surface area contributed by atoms with E-state index < -0.39 is 0 Å². The maximum atomic E-state index is 11.4. The number of aliphatic hydroxyl groups is 1. The van der Waals surface area contributed by atoms with Crippen molar-refractivity contribution in [2.75, 3.05) is 13.1 Å². The van der Waals surface area contributed by atoms with Gasteiger partial charge in [0, 0.05) is 19.1 Å². The molecule has 0 spiro atoms. The van der Waals surface area contributed by atoms with Gasteiger partial charge in [0.05, 0.1) is 18.6 Å². The predicted octanol–water partition coefficient (Wildman–Crippen LogP) is 1.42. The summed E-state index contributed by atoms with van der Waals surface area (Å²) in [4.78, 5) is 13.4. The van der Waals surface area contributed by atoms with Crippen molar-refractivity contribution in [2.24, 2.45) is 0 Å². The molecule has 0 radical (unpaired) electrons. The van der Waals surface area contributed by atoms with Crippen LogP contribution in [0.1, 0.15) is 41.0 Å². The van der Waals surface area contributed by atoms with Gasteiger partial charge in [-0.1, -0.05) is 0 Å². The van der Waals surface area contributed by atoms with E-state index in [4.69, 9.17) is 4.74 Å². The van der Waals surface area contributed by atoms with E-state index >= 15 is 0 Å². The Morgan fingerprint density at radius 2 is 1.81 bits per heavy atom. The molecule has 16 heavy (non-hydrogen) atoms. The van der Waals surface area contributed by atoms with Crippen LogP contribution in [0.25, 0.3) is 0 Å². The Morgan fingerprint density at radius 1 is 1.25 bits per heavy atom. The molecule has 0 heterocycles. The molecule has 0 bridgehead atoms. The molecule has 4 heteroatoms. The largest absolute Gasteiger partial charge is 0.463 e. The van der Waals surface area contributed by atoms with E-state index in [0.717, 1.165) is 0 Å². The average Bonchev–Trinajstić information content (AvgIpc) is 2.09. The lowest BCUT2D eigenvalue weighted by molar-refractivity contribution is -0.147. The van der Waals surface area contributed by atoms with E-state index in [-0.39, 0.29) is 18.2 Å². The third kappa shape index (κ3) is 7.65. The minimum absolute atomic E-state index is 0.0586. The van der Waals surface area contributed by atoms with Crippen LogP contribution in [-0.4, -0.2) is 47.3 Å². The monoisotopic (exact) mass is 231 g/mol. The lowest BCUT2D eigenvalue weighted by Gasteiger charge is -2.27. The van der Waals surface area contributed by atoms with Crippen LogP contribution in [0, 0.1) is 0 Å². The molecule has 0 saturated heterocycles. The summed E-state index contributed by atoms with van der Waals surface area (Å²) in [7, 11) is 0. The molecule has 1 atom stereocenters. The first kappa shape index (κ1) is 15.4. The summed E-state index contributed by atoms with van der Waals surface area (Å²) in [5, 5.41) is 9.32. The lowest BCUT2D eigenvalue weighted by atomic mass is 10.2. The third-order valence-corrected chi connectivity index (χ3v) is 2.20. The highest BCUT2D eigenvalue weighted by molar-refractivity contribution is 5.69. The number of esters is 1. The van der Waals surface area contributed by atoms with Crippen molar-refractivity contribution in [3.63, 3.8) is 0 Å². The number of aliphatic hydroxyl groups excluding tert-OH is 1. The fraction of sp³-hybridized carbons (Fsp3) is 0.917. The van der Waals surface area contributed by atoms with E-state index in [0.29, 0.717) is 25.6 Å². The molecule has 1 unspecified atom stereocenters. The van der Waals surface area contributed by atoms with Crippen LogP contribution in [0.2, 0.25) is 0 Å². The normalized spacial score (nSPS) is 13.6. The van der Waals surface area contributed by atoms with Crippen LogP contribution in [0.4, 0.5) is 0 Å². The topological polar surface area (TPSA) is 49.8 Å². The molecule has 0 aromatic rings. The van der Waals surface area contributed by atoms with Crippen molar-refractivity contribution in [1.82, 2.24) is 4.90 Å². The Bertz CT molecular complexity index is 202. The van der Waals surface area contributed by atoms with Crippen molar-refractivity contribution in [3.05, 3.63) is 0 Å². The highest BCUT2D eigenvalue weighted by Gasteiger charge is 2.14. The van der Waals surface area contributed by atoms with Gasteiger partial charge in [0.15, 0.2) is 0 Å². The Labute approximate surface area is 98.6 Å². The number of nitrogens with zero attached hydrogens (tertiary/aromatic N) is 1. The summed E-state index contributed by atoms with van der Waals surface area (Å²) >= 11 is 0. The van der Waals surface area contributed by atoms with Gasteiger partial charge >= 0.3 is 5.97 Å². The maximum Gasteiger partial charge on any atom is 0.307 e. The molecule has 4 nitrogen and oxygen atoms in total. The molecule has 0 amide bonds. The third-order valence-electron chi connectivity index (χ3n) is 2.20. The molecule has 0 aliphatic rings. The zero-order chi connectivity index (χ0) is 12.7. The lowest BCUT2D eigenvalue weighted by Crippen LogP contribution is -2.38. The number of hydrogen-bond acceptors (Lipinski definition) is 4. The predicted molar refractivity (Wildman–Crippen MR) is 64.2 cm³/mol. The molecule has 0 aromatic carbocycles. The average molecular weight is 231 g/mol. The second-order valence-electron chi connectivity index (χ2n) is 4.73. The zero-order valence-corrected chi connectivity index (χ0v) is 11.1. The standard InChI is InChI=1S/C12H25NO3/c1-9(2)13(8-11(5)14)7-6-12(15)16-10(3)4/h9-11,14H,6-8H2,1-5H3. The van der Waals surface area contributed by atoms with Gasteiger partial charge in [0.1, 0.15) is 0 Å². The first-order valence-corrected chi connectivity index (χ1v) is 5.94. The first-order chi connectivity index (χ1) is 7.32. The molecular weight excluding hydrogens is 206 g/mol. The van der Waals surface area contributed by atoms with Crippen molar-refractivity contribution >= 4 is 5.97 Å². The van der Waals surface area contributed by atoms with Gasteiger partial charge in [-0.25, -0.2) is 0 Å².